The molecule has 2 N–H and O–H groups in total. The number of benzene rings is 1. The van der Waals surface area contributed by atoms with Gasteiger partial charge in [-0.25, -0.2) is 0 Å². The minimum atomic E-state index is 0.436. The van der Waals surface area contributed by atoms with E-state index in [-0.39, 0.29) is 0 Å². The van der Waals surface area contributed by atoms with Gasteiger partial charge in [-0.3, -0.25) is 4.99 Å². The zero-order chi connectivity index (χ0) is 18.6. The fourth-order valence-electron chi connectivity index (χ4n) is 3.25. The first-order chi connectivity index (χ1) is 12.7. The van der Waals surface area contributed by atoms with E-state index >= 15 is 0 Å². The summed E-state index contributed by atoms with van der Waals surface area (Å²) in [4.78, 5) is 6.75. The largest absolute Gasteiger partial charge is 0.376 e. The molecule has 1 aliphatic rings. The van der Waals surface area contributed by atoms with Crippen LogP contribution >= 0.6 is 0 Å². The van der Waals surface area contributed by atoms with Crippen LogP contribution in [-0.4, -0.2) is 57.7 Å². The van der Waals surface area contributed by atoms with Crippen molar-refractivity contribution in [2.24, 2.45) is 16.8 Å². The van der Waals surface area contributed by atoms with Crippen molar-refractivity contribution >= 4 is 5.96 Å². The van der Waals surface area contributed by atoms with E-state index in [2.05, 4.69) is 46.6 Å². The minimum Gasteiger partial charge on any atom is -0.376 e. The molecule has 1 unspecified atom stereocenters. The summed E-state index contributed by atoms with van der Waals surface area (Å²) in [6.45, 7) is 7.94. The number of rotatable bonds is 9. The molecule has 1 heterocycles. The van der Waals surface area contributed by atoms with Crippen molar-refractivity contribution in [2.45, 2.75) is 32.8 Å². The fourth-order valence-corrected chi connectivity index (χ4v) is 3.25. The van der Waals surface area contributed by atoms with E-state index in [1.807, 2.05) is 25.2 Å². The smallest absolute Gasteiger partial charge is 0.190 e. The number of hydrogen-bond donors (Lipinski definition) is 2. The Bertz CT molecular complexity index is 512. The molecule has 5 nitrogen and oxygen atoms in total. The molecule has 1 atom stereocenters. The van der Waals surface area contributed by atoms with Gasteiger partial charge in [-0.05, 0) is 56.8 Å². The highest BCUT2D eigenvalue weighted by atomic mass is 16.5. The van der Waals surface area contributed by atoms with Gasteiger partial charge < -0.3 is 20.3 Å². The predicted octanol–water partition coefficient (Wildman–Crippen LogP) is 2.74. The lowest BCUT2D eigenvalue weighted by atomic mass is 9.94. The van der Waals surface area contributed by atoms with E-state index in [1.54, 1.807) is 0 Å². The monoisotopic (exact) mass is 360 g/mol. The fraction of sp³-hybridized carbons (Fsp3) is 0.667. The second kappa shape index (κ2) is 11.9. The number of guanidine groups is 1. The third-order valence-electron chi connectivity index (χ3n) is 5.04. The summed E-state index contributed by atoms with van der Waals surface area (Å²) in [6, 6.07) is 10.3. The molecule has 0 radical (unpaired) electrons. The van der Waals surface area contributed by atoms with Crippen molar-refractivity contribution in [1.82, 2.24) is 15.5 Å². The SMILES string of the molecule is CN=C(NCCC1CCN(C)CC1)NCC(C)COCc1ccccc1. The number of piperidine rings is 1. The zero-order valence-electron chi connectivity index (χ0n) is 16.7. The van der Waals surface area contributed by atoms with E-state index in [9.17, 15) is 0 Å². The molecule has 1 saturated heterocycles. The van der Waals surface area contributed by atoms with Crippen LogP contribution in [-0.2, 0) is 11.3 Å². The van der Waals surface area contributed by atoms with Crippen LogP contribution in [0, 0.1) is 11.8 Å². The highest BCUT2D eigenvalue weighted by molar-refractivity contribution is 5.79. The summed E-state index contributed by atoms with van der Waals surface area (Å²) in [5, 5.41) is 6.86. The first kappa shape index (κ1) is 20.7. The second-order valence-corrected chi connectivity index (χ2v) is 7.52. The summed E-state index contributed by atoms with van der Waals surface area (Å²) < 4.78 is 5.81. The highest BCUT2D eigenvalue weighted by Gasteiger charge is 2.16. The molecule has 1 fully saturated rings. The van der Waals surface area contributed by atoms with Crippen LogP contribution in [0.3, 0.4) is 0 Å². The van der Waals surface area contributed by atoms with Crippen LogP contribution in [0.15, 0.2) is 35.3 Å². The Morgan fingerprint density at radius 1 is 1.23 bits per heavy atom. The quantitative estimate of drug-likeness (QED) is 0.525. The molecule has 2 rings (SSSR count). The summed E-state index contributed by atoms with van der Waals surface area (Å²) in [5.74, 6) is 2.18. The summed E-state index contributed by atoms with van der Waals surface area (Å²) >= 11 is 0. The molecule has 0 amide bonds. The van der Waals surface area contributed by atoms with Gasteiger partial charge in [-0.1, -0.05) is 37.3 Å². The summed E-state index contributed by atoms with van der Waals surface area (Å²) in [5.41, 5.74) is 1.22. The third kappa shape index (κ3) is 8.19. The number of nitrogens with zero attached hydrogens (tertiary/aromatic N) is 2. The normalized spacial score (nSPS) is 17.9. The molecule has 1 aliphatic heterocycles. The maximum atomic E-state index is 5.81. The molecule has 146 valence electrons. The predicted molar refractivity (Wildman–Crippen MR) is 109 cm³/mol. The molecule has 5 heteroatoms. The van der Waals surface area contributed by atoms with Gasteiger partial charge in [-0.2, -0.15) is 0 Å². The molecule has 0 bridgehead atoms. The Morgan fingerprint density at radius 2 is 1.96 bits per heavy atom. The van der Waals surface area contributed by atoms with E-state index in [1.165, 1.54) is 37.9 Å². The molecule has 0 spiro atoms. The van der Waals surface area contributed by atoms with Gasteiger partial charge in [0.05, 0.1) is 13.2 Å². The van der Waals surface area contributed by atoms with Crippen LogP contribution in [0.1, 0.15) is 31.7 Å². The van der Waals surface area contributed by atoms with Gasteiger partial charge in [0.2, 0.25) is 0 Å². The molecule has 1 aromatic rings. The number of ether oxygens (including phenoxy) is 1. The molecule has 0 aromatic heterocycles. The van der Waals surface area contributed by atoms with Crippen LogP contribution in [0.5, 0.6) is 0 Å². The van der Waals surface area contributed by atoms with Crippen molar-refractivity contribution in [1.29, 1.82) is 0 Å². The van der Waals surface area contributed by atoms with Crippen LogP contribution in [0.2, 0.25) is 0 Å². The molecule has 26 heavy (non-hydrogen) atoms. The first-order valence-electron chi connectivity index (χ1n) is 9.92. The van der Waals surface area contributed by atoms with Crippen molar-refractivity contribution in [2.75, 3.05) is 46.9 Å². The lowest BCUT2D eigenvalue weighted by molar-refractivity contribution is 0.0931. The van der Waals surface area contributed by atoms with E-state index in [4.69, 9.17) is 4.74 Å². The van der Waals surface area contributed by atoms with Crippen molar-refractivity contribution in [3.8, 4) is 0 Å². The van der Waals surface area contributed by atoms with Gasteiger partial charge in [-0.15, -0.1) is 0 Å². The Morgan fingerprint density at radius 3 is 2.65 bits per heavy atom. The van der Waals surface area contributed by atoms with E-state index < -0.39 is 0 Å². The van der Waals surface area contributed by atoms with Crippen molar-refractivity contribution < 1.29 is 4.74 Å². The highest BCUT2D eigenvalue weighted by Crippen LogP contribution is 2.18. The average molecular weight is 361 g/mol. The average Bonchev–Trinajstić information content (AvgIpc) is 2.67. The topological polar surface area (TPSA) is 48.9 Å². The molecular formula is C21H36N4O. The Labute approximate surface area is 159 Å². The molecule has 0 saturated carbocycles. The van der Waals surface area contributed by atoms with Crippen molar-refractivity contribution in [3.63, 3.8) is 0 Å². The lowest BCUT2D eigenvalue weighted by Crippen LogP contribution is -2.41. The molecule has 1 aromatic carbocycles. The lowest BCUT2D eigenvalue weighted by Gasteiger charge is -2.29. The Kier molecular flexibility index (Phi) is 9.50. The molecule has 0 aliphatic carbocycles. The Balaban J connectivity index is 1.54. The Hall–Kier alpha value is -1.59. The van der Waals surface area contributed by atoms with Gasteiger partial charge in [0.15, 0.2) is 5.96 Å². The molecular weight excluding hydrogens is 324 g/mol. The van der Waals surface area contributed by atoms with Gasteiger partial charge in [0.25, 0.3) is 0 Å². The van der Waals surface area contributed by atoms with E-state index in [0.29, 0.717) is 12.5 Å². The number of hydrogen-bond acceptors (Lipinski definition) is 3. The number of likely N-dealkylation sites (tertiary alicyclic amines) is 1. The van der Waals surface area contributed by atoms with Crippen molar-refractivity contribution in [3.05, 3.63) is 35.9 Å². The zero-order valence-corrected chi connectivity index (χ0v) is 16.7. The summed E-state index contributed by atoms with van der Waals surface area (Å²) in [7, 11) is 4.05. The minimum absolute atomic E-state index is 0.436. The summed E-state index contributed by atoms with van der Waals surface area (Å²) in [6.07, 6.45) is 3.87. The standard InChI is InChI=1S/C21H36N4O/c1-18(16-26-17-20-7-5-4-6-8-20)15-24-21(22-2)23-12-9-19-10-13-25(3)14-11-19/h4-8,18-19H,9-17H2,1-3H3,(H2,22,23,24). The maximum Gasteiger partial charge on any atom is 0.190 e. The van der Waals surface area contributed by atoms with Gasteiger partial charge >= 0.3 is 0 Å². The van der Waals surface area contributed by atoms with Crippen LogP contribution in [0.25, 0.3) is 0 Å². The maximum absolute atomic E-state index is 5.81. The van der Waals surface area contributed by atoms with Gasteiger partial charge in [0.1, 0.15) is 0 Å². The number of aliphatic imine (C=N–C) groups is 1. The first-order valence-corrected chi connectivity index (χ1v) is 9.92. The van der Waals surface area contributed by atoms with Crippen LogP contribution in [0.4, 0.5) is 0 Å². The third-order valence-corrected chi connectivity index (χ3v) is 5.04. The number of nitrogens with one attached hydrogen (secondary N) is 2. The van der Waals surface area contributed by atoms with E-state index in [0.717, 1.165) is 31.6 Å². The van der Waals surface area contributed by atoms with Gasteiger partial charge in [0, 0.05) is 20.1 Å². The second-order valence-electron chi connectivity index (χ2n) is 7.52. The van der Waals surface area contributed by atoms with Crippen LogP contribution < -0.4 is 10.6 Å².